The molecular formula is C24H26N6O2. The van der Waals surface area contributed by atoms with Crippen molar-refractivity contribution < 1.29 is 9.90 Å². The van der Waals surface area contributed by atoms with Gasteiger partial charge in [0, 0.05) is 31.9 Å². The molecule has 1 unspecified atom stereocenters. The smallest absolute Gasteiger partial charge is 0.255 e. The highest BCUT2D eigenvalue weighted by Crippen LogP contribution is 2.33. The van der Waals surface area contributed by atoms with Crippen molar-refractivity contribution in [3.63, 3.8) is 0 Å². The highest BCUT2D eigenvalue weighted by atomic mass is 16.3. The predicted octanol–water partition coefficient (Wildman–Crippen LogP) is 2.99. The minimum atomic E-state index is -0.0473. The molecule has 0 radical (unpaired) electrons. The predicted molar refractivity (Wildman–Crippen MR) is 121 cm³/mol. The standard InChI is InChI=1S/C24H26N6O2/c1-4-28-9-10-29(15-17(28)3)23(31)19-6-8-22(26-13-19)30-24(32)21(14-27-30)20-7-5-18(12-25)11-16(20)2/h5-8,11,13-14,17,32H,4,9-10,15H2,1-3H3. The van der Waals surface area contributed by atoms with Crippen LogP contribution in [-0.4, -0.2) is 67.8 Å². The van der Waals surface area contributed by atoms with Gasteiger partial charge in [0.05, 0.1) is 29.0 Å². The van der Waals surface area contributed by atoms with E-state index in [1.54, 1.807) is 36.5 Å². The largest absolute Gasteiger partial charge is 0.493 e. The van der Waals surface area contributed by atoms with Crippen LogP contribution < -0.4 is 0 Å². The van der Waals surface area contributed by atoms with Crippen LogP contribution >= 0.6 is 0 Å². The zero-order valence-electron chi connectivity index (χ0n) is 18.5. The molecule has 0 saturated carbocycles. The van der Waals surface area contributed by atoms with Crippen LogP contribution in [0.3, 0.4) is 0 Å². The molecule has 8 heteroatoms. The lowest BCUT2D eigenvalue weighted by Gasteiger charge is -2.39. The number of hydrogen-bond acceptors (Lipinski definition) is 6. The number of nitrogens with zero attached hydrogens (tertiary/aromatic N) is 6. The third-order valence-corrected chi connectivity index (χ3v) is 6.06. The van der Waals surface area contributed by atoms with Gasteiger partial charge in [-0.25, -0.2) is 4.98 Å². The Kier molecular flexibility index (Phi) is 5.93. The monoisotopic (exact) mass is 430 g/mol. The molecular weight excluding hydrogens is 404 g/mol. The lowest BCUT2D eigenvalue weighted by Crippen LogP contribution is -2.53. The molecule has 8 nitrogen and oxygen atoms in total. The summed E-state index contributed by atoms with van der Waals surface area (Å²) in [5.41, 5.74) is 3.29. The molecule has 4 rings (SSSR count). The van der Waals surface area contributed by atoms with E-state index in [2.05, 4.69) is 34.9 Å². The number of rotatable bonds is 4. The van der Waals surface area contributed by atoms with Crippen molar-refractivity contribution in [3.8, 4) is 28.9 Å². The summed E-state index contributed by atoms with van der Waals surface area (Å²) in [5.74, 6) is 0.333. The van der Waals surface area contributed by atoms with Crippen molar-refractivity contribution in [1.29, 1.82) is 5.26 Å². The molecule has 0 bridgehead atoms. The number of carbonyl (C=O) groups is 1. The average Bonchev–Trinajstić information content (AvgIpc) is 3.19. The van der Waals surface area contributed by atoms with E-state index in [-0.39, 0.29) is 11.8 Å². The Morgan fingerprint density at radius 1 is 1.22 bits per heavy atom. The fourth-order valence-corrected chi connectivity index (χ4v) is 4.20. The van der Waals surface area contributed by atoms with E-state index >= 15 is 0 Å². The van der Waals surface area contributed by atoms with E-state index in [1.807, 2.05) is 11.8 Å². The Morgan fingerprint density at radius 2 is 2.03 bits per heavy atom. The number of aryl methyl sites for hydroxylation is 1. The first-order valence-corrected chi connectivity index (χ1v) is 10.7. The van der Waals surface area contributed by atoms with E-state index in [9.17, 15) is 9.90 Å². The van der Waals surface area contributed by atoms with Crippen molar-refractivity contribution in [2.24, 2.45) is 0 Å². The summed E-state index contributed by atoms with van der Waals surface area (Å²) in [5, 5.41) is 24.1. The molecule has 1 atom stereocenters. The summed E-state index contributed by atoms with van der Waals surface area (Å²) >= 11 is 0. The zero-order chi connectivity index (χ0) is 22.8. The number of benzene rings is 1. The Hall–Kier alpha value is -3.70. The van der Waals surface area contributed by atoms with Crippen molar-refractivity contribution in [2.75, 3.05) is 26.2 Å². The van der Waals surface area contributed by atoms with Gasteiger partial charge in [-0.1, -0.05) is 13.0 Å². The second kappa shape index (κ2) is 8.81. The van der Waals surface area contributed by atoms with Gasteiger partial charge in [-0.05, 0) is 55.8 Å². The fourth-order valence-electron chi connectivity index (χ4n) is 4.20. The van der Waals surface area contributed by atoms with E-state index in [4.69, 9.17) is 5.26 Å². The van der Waals surface area contributed by atoms with Crippen molar-refractivity contribution in [3.05, 3.63) is 59.4 Å². The summed E-state index contributed by atoms with van der Waals surface area (Å²) in [6.45, 7) is 9.40. The summed E-state index contributed by atoms with van der Waals surface area (Å²) in [6, 6.07) is 11.1. The van der Waals surface area contributed by atoms with Gasteiger partial charge in [-0.15, -0.1) is 0 Å². The number of nitriles is 1. The number of pyridine rings is 1. The highest BCUT2D eigenvalue weighted by molar-refractivity contribution is 5.94. The fraction of sp³-hybridized carbons (Fsp3) is 0.333. The molecule has 0 aliphatic carbocycles. The summed E-state index contributed by atoms with van der Waals surface area (Å²) in [6.07, 6.45) is 3.10. The molecule has 32 heavy (non-hydrogen) atoms. The van der Waals surface area contributed by atoms with E-state index in [0.717, 1.165) is 24.2 Å². The normalized spacial score (nSPS) is 16.7. The van der Waals surface area contributed by atoms with Crippen LogP contribution in [0.25, 0.3) is 16.9 Å². The third-order valence-electron chi connectivity index (χ3n) is 6.06. The summed E-state index contributed by atoms with van der Waals surface area (Å²) in [7, 11) is 0. The lowest BCUT2D eigenvalue weighted by atomic mass is 10.0. The Labute approximate surface area is 187 Å². The number of likely N-dealkylation sites (N-methyl/N-ethyl adjacent to an activating group) is 1. The number of amides is 1. The van der Waals surface area contributed by atoms with Gasteiger partial charge in [0.1, 0.15) is 0 Å². The maximum absolute atomic E-state index is 12.9. The van der Waals surface area contributed by atoms with E-state index in [1.165, 1.54) is 10.9 Å². The van der Waals surface area contributed by atoms with Crippen molar-refractivity contribution in [1.82, 2.24) is 24.6 Å². The molecule has 1 N–H and O–H groups in total. The molecule has 2 aromatic heterocycles. The highest BCUT2D eigenvalue weighted by Gasteiger charge is 2.26. The molecule has 1 aliphatic heterocycles. The first kappa shape index (κ1) is 21.5. The third kappa shape index (κ3) is 3.95. The molecule has 1 amide bonds. The van der Waals surface area contributed by atoms with E-state index < -0.39 is 0 Å². The summed E-state index contributed by atoms with van der Waals surface area (Å²) in [4.78, 5) is 21.5. The van der Waals surface area contributed by atoms with Crippen LogP contribution in [0.4, 0.5) is 0 Å². The Morgan fingerprint density at radius 3 is 2.66 bits per heavy atom. The maximum Gasteiger partial charge on any atom is 0.255 e. The van der Waals surface area contributed by atoms with Gasteiger partial charge in [-0.3, -0.25) is 9.69 Å². The van der Waals surface area contributed by atoms with Crippen LogP contribution in [0.2, 0.25) is 0 Å². The molecule has 3 heterocycles. The molecule has 3 aromatic rings. The molecule has 1 aromatic carbocycles. The number of aromatic nitrogens is 3. The van der Waals surface area contributed by atoms with E-state index in [0.29, 0.717) is 41.6 Å². The minimum Gasteiger partial charge on any atom is -0.493 e. The number of carbonyl (C=O) groups excluding carboxylic acids is 1. The molecule has 1 aliphatic rings. The Balaban J connectivity index is 1.54. The van der Waals surface area contributed by atoms with Gasteiger partial charge >= 0.3 is 0 Å². The second-order valence-corrected chi connectivity index (χ2v) is 8.07. The number of aromatic hydroxyl groups is 1. The first-order chi connectivity index (χ1) is 15.4. The number of piperazine rings is 1. The van der Waals surface area contributed by atoms with Crippen LogP contribution in [0.1, 0.15) is 35.3 Å². The topological polar surface area (TPSA) is 98.3 Å². The van der Waals surface area contributed by atoms with Crippen molar-refractivity contribution in [2.45, 2.75) is 26.8 Å². The Bertz CT molecular complexity index is 1180. The van der Waals surface area contributed by atoms with Gasteiger partial charge in [-0.2, -0.15) is 15.0 Å². The van der Waals surface area contributed by atoms with Crippen LogP contribution in [0.15, 0.2) is 42.7 Å². The SMILES string of the molecule is CCN1CCN(C(=O)c2ccc(-n3ncc(-c4ccc(C#N)cc4C)c3O)nc2)CC1C. The minimum absolute atomic E-state index is 0.0368. The first-order valence-electron chi connectivity index (χ1n) is 10.7. The average molecular weight is 431 g/mol. The molecule has 0 spiro atoms. The maximum atomic E-state index is 12.9. The molecule has 1 fully saturated rings. The zero-order valence-corrected chi connectivity index (χ0v) is 18.5. The number of hydrogen-bond donors (Lipinski definition) is 1. The molecule has 1 saturated heterocycles. The second-order valence-electron chi connectivity index (χ2n) is 8.07. The van der Waals surface area contributed by atoms with Gasteiger partial charge < -0.3 is 10.0 Å². The summed E-state index contributed by atoms with van der Waals surface area (Å²) < 4.78 is 1.34. The molecule has 164 valence electrons. The lowest BCUT2D eigenvalue weighted by molar-refractivity contribution is 0.0528. The van der Waals surface area contributed by atoms with Gasteiger partial charge in [0.15, 0.2) is 5.82 Å². The van der Waals surface area contributed by atoms with Crippen LogP contribution in [0, 0.1) is 18.3 Å². The van der Waals surface area contributed by atoms with Crippen LogP contribution in [0.5, 0.6) is 5.88 Å². The van der Waals surface area contributed by atoms with Crippen LogP contribution in [-0.2, 0) is 0 Å². The quantitative estimate of drug-likeness (QED) is 0.683. The van der Waals surface area contributed by atoms with Gasteiger partial charge in [0.2, 0.25) is 5.88 Å². The van der Waals surface area contributed by atoms with Crippen molar-refractivity contribution >= 4 is 5.91 Å². The van der Waals surface area contributed by atoms with Gasteiger partial charge in [0.25, 0.3) is 5.91 Å².